The third-order valence-electron chi connectivity index (χ3n) is 6.54. The predicted octanol–water partition coefficient (Wildman–Crippen LogP) is 6.84. The summed E-state index contributed by atoms with van der Waals surface area (Å²) in [6, 6.07) is 20.4. The van der Waals surface area contributed by atoms with Gasteiger partial charge in [0.05, 0.1) is 24.5 Å². The fourth-order valence-electron chi connectivity index (χ4n) is 4.61. The molecule has 0 unspecified atom stereocenters. The lowest BCUT2D eigenvalue weighted by atomic mass is 10.0. The number of anilines is 2. The predicted molar refractivity (Wildman–Crippen MR) is 154 cm³/mol. The third kappa shape index (κ3) is 4.97. The first-order valence-corrected chi connectivity index (χ1v) is 13.0. The van der Waals surface area contributed by atoms with E-state index in [1.807, 2.05) is 78.6 Å². The summed E-state index contributed by atoms with van der Waals surface area (Å²) in [4.78, 5) is 18.6. The average molecular weight is 547 g/mol. The van der Waals surface area contributed by atoms with E-state index in [-0.39, 0.29) is 18.0 Å². The summed E-state index contributed by atoms with van der Waals surface area (Å²) >= 11 is 12.1. The first-order valence-electron chi connectivity index (χ1n) is 12.2. The summed E-state index contributed by atoms with van der Waals surface area (Å²) < 4.78 is 12.1. The Morgan fingerprint density at radius 3 is 2.76 bits per heavy atom. The van der Waals surface area contributed by atoms with Crippen LogP contribution in [0.4, 0.5) is 11.4 Å². The van der Waals surface area contributed by atoms with E-state index in [4.69, 9.17) is 33.0 Å². The van der Waals surface area contributed by atoms with Gasteiger partial charge in [-0.1, -0.05) is 30.7 Å². The summed E-state index contributed by atoms with van der Waals surface area (Å²) in [5.41, 5.74) is 4.20. The van der Waals surface area contributed by atoms with E-state index < -0.39 is 0 Å². The van der Waals surface area contributed by atoms with E-state index in [1.165, 1.54) is 0 Å². The van der Waals surface area contributed by atoms with Crippen molar-refractivity contribution in [2.75, 3.05) is 17.3 Å². The number of rotatable bonds is 7. The van der Waals surface area contributed by atoms with Gasteiger partial charge in [-0.3, -0.25) is 9.78 Å². The fourth-order valence-corrected chi connectivity index (χ4v) is 5.13. The van der Waals surface area contributed by atoms with Gasteiger partial charge in [-0.25, -0.2) is 0 Å². The van der Waals surface area contributed by atoms with Crippen LogP contribution < -0.4 is 20.3 Å². The molecular formula is C29H27ClN4O3S. The SMILES string of the molecule is CCC(=O)Nc1ccc(N2C(=S)N[C@H](c3ccccn3)[C@@H]2c2ccc(-c3cc(Cl)ccc3C)o2)cc1OC. The van der Waals surface area contributed by atoms with Crippen LogP contribution in [0.3, 0.4) is 0 Å². The molecule has 0 radical (unpaired) electrons. The summed E-state index contributed by atoms with van der Waals surface area (Å²) in [6.45, 7) is 3.82. The van der Waals surface area contributed by atoms with Gasteiger partial charge in [0.2, 0.25) is 5.91 Å². The van der Waals surface area contributed by atoms with E-state index in [0.29, 0.717) is 39.5 Å². The molecule has 1 amide bonds. The number of amides is 1. The lowest BCUT2D eigenvalue weighted by Gasteiger charge is -2.27. The highest BCUT2D eigenvalue weighted by atomic mass is 35.5. The van der Waals surface area contributed by atoms with Gasteiger partial charge < -0.3 is 24.7 Å². The molecule has 7 nitrogen and oxygen atoms in total. The number of carbonyl (C=O) groups is 1. The first-order chi connectivity index (χ1) is 18.4. The highest BCUT2D eigenvalue weighted by molar-refractivity contribution is 7.80. The number of nitrogens with zero attached hydrogens (tertiary/aromatic N) is 2. The van der Waals surface area contributed by atoms with Crippen LogP contribution in [0.1, 0.15) is 42.4 Å². The maximum absolute atomic E-state index is 12.0. The van der Waals surface area contributed by atoms with Crippen molar-refractivity contribution in [1.29, 1.82) is 0 Å². The monoisotopic (exact) mass is 546 g/mol. The fraction of sp³-hybridized carbons (Fsp3) is 0.207. The number of ether oxygens (including phenoxy) is 1. The van der Waals surface area contributed by atoms with Crippen LogP contribution in [0.15, 0.2) is 77.3 Å². The molecule has 0 saturated carbocycles. The van der Waals surface area contributed by atoms with Crippen LogP contribution in [-0.2, 0) is 4.79 Å². The number of thiocarbonyl (C=S) groups is 1. The van der Waals surface area contributed by atoms with Crippen LogP contribution in [-0.4, -0.2) is 23.1 Å². The molecule has 0 spiro atoms. The molecule has 2 N–H and O–H groups in total. The van der Waals surface area contributed by atoms with Crippen LogP contribution in [0.5, 0.6) is 5.75 Å². The standard InChI is InChI=1S/C29H27ClN4O3S/c1-4-26(35)32-21-11-10-19(16-25(21)36-3)34-28(27(33-29(34)38)22-7-5-6-14-31-22)24-13-12-23(37-24)20-15-18(30)9-8-17(20)2/h5-16,27-28H,4H2,1-3H3,(H,32,35)(H,33,38)/t27-,28+/m1/s1. The molecule has 0 aliphatic carbocycles. The van der Waals surface area contributed by atoms with Gasteiger partial charge in [-0.15, -0.1) is 0 Å². The van der Waals surface area contributed by atoms with Crippen molar-refractivity contribution in [1.82, 2.24) is 10.3 Å². The molecule has 1 fully saturated rings. The summed E-state index contributed by atoms with van der Waals surface area (Å²) in [5, 5.41) is 7.48. The van der Waals surface area contributed by atoms with Gasteiger partial charge in [0, 0.05) is 35.0 Å². The Hall–Kier alpha value is -3.88. The van der Waals surface area contributed by atoms with Crippen molar-refractivity contribution in [3.8, 4) is 17.1 Å². The first kappa shape index (κ1) is 25.8. The van der Waals surface area contributed by atoms with Crippen molar-refractivity contribution in [2.24, 2.45) is 0 Å². The lowest BCUT2D eigenvalue weighted by Crippen LogP contribution is -2.29. The Morgan fingerprint density at radius 2 is 2.03 bits per heavy atom. The maximum atomic E-state index is 12.0. The molecule has 2 aromatic heterocycles. The van der Waals surface area contributed by atoms with E-state index in [0.717, 1.165) is 22.5 Å². The minimum atomic E-state index is -0.341. The number of carbonyl (C=O) groups excluding carboxylic acids is 1. The molecule has 2 aromatic carbocycles. The van der Waals surface area contributed by atoms with Crippen LogP contribution in [0, 0.1) is 6.92 Å². The molecule has 1 aliphatic heterocycles. The number of hydrogen-bond acceptors (Lipinski definition) is 5. The number of nitrogens with one attached hydrogen (secondary N) is 2. The lowest BCUT2D eigenvalue weighted by molar-refractivity contribution is -0.115. The largest absolute Gasteiger partial charge is 0.494 e. The van der Waals surface area contributed by atoms with Gasteiger partial charge in [0.15, 0.2) is 5.11 Å². The molecule has 2 atom stereocenters. The minimum absolute atomic E-state index is 0.0954. The number of pyridine rings is 1. The Morgan fingerprint density at radius 1 is 1.18 bits per heavy atom. The van der Waals surface area contributed by atoms with Gasteiger partial charge in [0.25, 0.3) is 0 Å². The van der Waals surface area contributed by atoms with Crippen molar-refractivity contribution < 1.29 is 13.9 Å². The topological polar surface area (TPSA) is 79.6 Å². The number of aryl methyl sites for hydroxylation is 1. The zero-order valence-corrected chi connectivity index (χ0v) is 22.8. The van der Waals surface area contributed by atoms with Gasteiger partial charge in [0.1, 0.15) is 23.3 Å². The normalized spacial score (nSPS) is 16.8. The van der Waals surface area contributed by atoms with Crippen LogP contribution >= 0.6 is 23.8 Å². The zero-order chi connectivity index (χ0) is 26.8. The Labute approximate surface area is 231 Å². The van der Waals surface area contributed by atoms with Crippen LogP contribution in [0.2, 0.25) is 5.02 Å². The second kappa shape index (κ2) is 10.8. The van der Waals surface area contributed by atoms with E-state index in [9.17, 15) is 4.79 Å². The third-order valence-corrected chi connectivity index (χ3v) is 7.09. The van der Waals surface area contributed by atoms with E-state index in [2.05, 4.69) is 15.6 Å². The molecule has 3 heterocycles. The molecular weight excluding hydrogens is 520 g/mol. The number of aromatic nitrogens is 1. The molecule has 0 bridgehead atoms. The highest BCUT2D eigenvalue weighted by Gasteiger charge is 2.43. The number of halogens is 1. The molecule has 1 saturated heterocycles. The Bertz CT molecular complexity index is 1490. The molecule has 5 rings (SSSR count). The van der Waals surface area contributed by atoms with E-state index in [1.54, 1.807) is 20.2 Å². The van der Waals surface area contributed by atoms with Gasteiger partial charge >= 0.3 is 0 Å². The second-order valence-corrected chi connectivity index (χ2v) is 9.77. The molecule has 38 heavy (non-hydrogen) atoms. The number of methoxy groups -OCH3 is 1. The quantitative estimate of drug-likeness (QED) is 0.246. The van der Waals surface area contributed by atoms with Gasteiger partial charge in [-0.2, -0.15) is 0 Å². The van der Waals surface area contributed by atoms with Crippen molar-refractivity contribution in [3.05, 3.63) is 95.0 Å². The van der Waals surface area contributed by atoms with Crippen molar-refractivity contribution >= 4 is 46.2 Å². The maximum Gasteiger partial charge on any atom is 0.224 e. The van der Waals surface area contributed by atoms with Gasteiger partial charge in [-0.05, 0) is 73.2 Å². The highest BCUT2D eigenvalue weighted by Crippen LogP contribution is 2.44. The molecule has 1 aliphatic rings. The van der Waals surface area contributed by atoms with Crippen LogP contribution in [0.25, 0.3) is 11.3 Å². The molecule has 194 valence electrons. The van der Waals surface area contributed by atoms with E-state index >= 15 is 0 Å². The number of hydrogen-bond donors (Lipinski definition) is 2. The molecule has 4 aromatic rings. The summed E-state index contributed by atoms with van der Waals surface area (Å²) in [7, 11) is 1.57. The Kier molecular flexibility index (Phi) is 7.35. The van der Waals surface area contributed by atoms with Crippen molar-refractivity contribution in [2.45, 2.75) is 32.4 Å². The van der Waals surface area contributed by atoms with Crippen molar-refractivity contribution in [3.63, 3.8) is 0 Å². The average Bonchev–Trinajstić information content (AvgIpc) is 3.55. The zero-order valence-electron chi connectivity index (χ0n) is 21.2. The second-order valence-electron chi connectivity index (χ2n) is 8.94. The minimum Gasteiger partial charge on any atom is -0.494 e. The summed E-state index contributed by atoms with van der Waals surface area (Å²) in [6.07, 6.45) is 2.13. The smallest absolute Gasteiger partial charge is 0.224 e. The molecule has 9 heteroatoms. The summed E-state index contributed by atoms with van der Waals surface area (Å²) in [5.74, 6) is 1.86. The number of furan rings is 1. The number of benzene rings is 2. The Balaban J connectivity index is 1.59.